The number of carbonyl (C=O) groups is 2. The first-order valence-corrected chi connectivity index (χ1v) is 14.2. The molecule has 0 unspecified atom stereocenters. The highest BCUT2D eigenvalue weighted by Gasteiger charge is 2.28. The Labute approximate surface area is 242 Å². The second-order valence-corrected chi connectivity index (χ2v) is 10.4. The van der Waals surface area contributed by atoms with Crippen LogP contribution in [0.15, 0.2) is 102 Å². The smallest absolute Gasteiger partial charge is 0.323 e. The van der Waals surface area contributed by atoms with Gasteiger partial charge in [-0.05, 0) is 66.1 Å². The van der Waals surface area contributed by atoms with Crippen LogP contribution < -0.4 is 15.4 Å². The van der Waals surface area contributed by atoms with Crippen LogP contribution in [0.25, 0.3) is 11.1 Å². The van der Waals surface area contributed by atoms with Crippen molar-refractivity contribution in [1.29, 1.82) is 0 Å². The molecule has 4 aromatic rings. The van der Waals surface area contributed by atoms with Crippen molar-refractivity contribution >= 4 is 33.4 Å². The second-order valence-electron chi connectivity index (χ2n) is 8.91. The van der Waals surface area contributed by atoms with E-state index in [4.69, 9.17) is 9.02 Å². The molecule has 0 saturated carbocycles. The number of methoxy groups -OCH3 is 1. The van der Waals surface area contributed by atoms with Crippen LogP contribution in [0.3, 0.4) is 0 Å². The number of hydroxylamine groups is 2. The molecular formula is C30H28FN3O7S. The number of urea groups is 1. The lowest BCUT2D eigenvalue weighted by molar-refractivity contribution is -0.0307. The Hall–Kier alpha value is -4.78. The quantitative estimate of drug-likeness (QED) is 0.201. The van der Waals surface area contributed by atoms with Gasteiger partial charge in [-0.3, -0.25) is 4.79 Å². The van der Waals surface area contributed by atoms with Gasteiger partial charge in [0.2, 0.25) is 0 Å². The van der Waals surface area contributed by atoms with E-state index in [-0.39, 0.29) is 35.8 Å². The van der Waals surface area contributed by atoms with Crippen LogP contribution in [0.1, 0.15) is 16.8 Å². The maximum Gasteiger partial charge on any atom is 0.323 e. The SMILES string of the molecule is COc1cc(NC(=O)Nc2ccccc2)ccc1C(=O)N(CCCO)OS(=O)(=O)c1cccc(-c2ccc(F)cc2)c1. The Bertz CT molecular complexity index is 1650. The topological polar surface area (TPSA) is 134 Å². The summed E-state index contributed by atoms with van der Waals surface area (Å²) in [5.41, 5.74) is 1.92. The van der Waals surface area contributed by atoms with Crippen LogP contribution in [0, 0.1) is 5.82 Å². The summed E-state index contributed by atoms with van der Waals surface area (Å²) in [5, 5.41) is 15.3. The summed E-state index contributed by atoms with van der Waals surface area (Å²) >= 11 is 0. The lowest BCUT2D eigenvalue weighted by atomic mass is 10.1. The molecule has 0 radical (unpaired) electrons. The van der Waals surface area contributed by atoms with E-state index in [0.717, 1.165) is 0 Å². The molecule has 4 rings (SSSR count). The number of aliphatic hydroxyl groups is 1. The summed E-state index contributed by atoms with van der Waals surface area (Å²) < 4.78 is 50.4. The first-order chi connectivity index (χ1) is 20.2. The molecule has 0 aliphatic rings. The van der Waals surface area contributed by atoms with E-state index >= 15 is 0 Å². The van der Waals surface area contributed by atoms with Gasteiger partial charge in [-0.1, -0.05) is 42.5 Å². The Morgan fingerprint density at radius 1 is 0.857 bits per heavy atom. The molecule has 4 aromatic carbocycles. The molecule has 0 spiro atoms. The number of para-hydroxylation sites is 1. The molecule has 0 aromatic heterocycles. The molecule has 42 heavy (non-hydrogen) atoms. The second kappa shape index (κ2) is 13.7. The summed E-state index contributed by atoms with van der Waals surface area (Å²) in [6, 6.07) is 23.8. The number of nitrogens with one attached hydrogen (secondary N) is 2. The normalized spacial score (nSPS) is 11.0. The van der Waals surface area contributed by atoms with Crippen molar-refractivity contribution in [3.8, 4) is 16.9 Å². The summed E-state index contributed by atoms with van der Waals surface area (Å²) in [6.07, 6.45) is 0.0263. The minimum atomic E-state index is -4.51. The van der Waals surface area contributed by atoms with E-state index in [1.807, 2.05) is 6.07 Å². The molecule has 0 aliphatic carbocycles. The Morgan fingerprint density at radius 3 is 2.26 bits per heavy atom. The molecule has 0 fully saturated rings. The summed E-state index contributed by atoms with van der Waals surface area (Å²) in [6.45, 7) is -0.585. The lowest BCUT2D eigenvalue weighted by Crippen LogP contribution is -2.35. The third kappa shape index (κ3) is 7.69. The van der Waals surface area contributed by atoms with Gasteiger partial charge in [0, 0.05) is 24.0 Å². The van der Waals surface area contributed by atoms with Crippen LogP contribution in [0.5, 0.6) is 5.75 Å². The predicted molar refractivity (Wildman–Crippen MR) is 155 cm³/mol. The average Bonchev–Trinajstić information content (AvgIpc) is 2.99. The van der Waals surface area contributed by atoms with Crippen molar-refractivity contribution in [3.05, 3.63) is 108 Å². The first kappa shape index (κ1) is 30.2. The van der Waals surface area contributed by atoms with Crippen molar-refractivity contribution < 1.29 is 36.5 Å². The summed E-state index contributed by atoms with van der Waals surface area (Å²) in [7, 11) is -3.20. The Balaban J connectivity index is 1.55. The average molecular weight is 594 g/mol. The number of halogens is 1. The van der Waals surface area contributed by atoms with Crippen molar-refractivity contribution in [2.24, 2.45) is 0 Å². The number of benzene rings is 4. The van der Waals surface area contributed by atoms with Gasteiger partial charge in [0.05, 0.1) is 24.1 Å². The van der Waals surface area contributed by atoms with Gasteiger partial charge in [0.15, 0.2) is 0 Å². The van der Waals surface area contributed by atoms with Gasteiger partial charge < -0.3 is 20.5 Å². The predicted octanol–water partition coefficient (Wildman–Crippen LogP) is 5.29. The maximum atomic E-state index is 13.5. The molecule has 3 amide bonds. The first-order valence-electron chi connectivity index (χ1n) is 12.7. The van der Waals surface area contributed by atoms with Gasteiger partial charge in [0.1, 0.15) is 11.6 Å². The molecule has 12 heteroatoms. The Kier molecular flexibility index (Phi) is 9.86. The monoisotopic (exact) mass is 593 g/mol. The van der Waals surface area contributed by atoms with Crippen LogP contribution in [-0.2, 0) is 14.4 Å². The van der Waals surface area contributed by atoms with Crippen molar-refractivity contribution in [2.45, 2.75) is 11.3 Å². The number of hydrogen-bond acceptors (Lipinski definition) is 7. The number of nitrogens with zero attached hydrogens (tertiary/aromatic N) is 1. The van der Waals surface area contributed by atoms with Gasteiger partial charge in [0.25, 0.3) is 5.91 Å². The van der Waals surface area contributed by atoms with E-state index in [1.54, 1.807) is 30.3 Å². The van der Waals surface area contributed by atoms with E-state index in [0.29, 0.717) is 27.6 Å². The van der Waals surface area contributed by atoms with Gasteiger partial charge in [-0.25, -0.2) is 9.18 Å². The minimum absolute atomic E-state index is 0.0263. The van der Waals surface area contributed by atoms with Crippen LogP contribution in [-0.4, -0.2) is 50.8 Å². The van der Waals surface area contributed by atoms with Crippen LogP contribution in [0.4, 0.5) is 20.6 Å². The molecule has 0 aliphatic heterocycles. The van der Waals surface area contributed by atoms with Crippen LogP contribution >= 0.6 is 0 Å². The minimum Gasteiger partial charge on any atom is -0.496 e. The molecule has 0 bridgehead atoms. The molecule has 0 atom stereocenters. The van der Waals surface area contributed by atoms with Gasteiger partial charge in [-0.15, -0.1) is 4.28 Å². The number of aliphatic hydroxyl groups excluding tert-OH is 1. The fraction of sp³-hybridized carbons (Fsp3) is 0.133. The van der Waals surface area contributed by atoms with E-state index < -0.39 is 27.9 Å². The third-order valence-electron chi connectivity index (χ3n) is 5.96. The molecule has 3 N–H and O–H groups in total. The zero-order valence-corrected chi connectivity index (χ0v) is 23.3. The number of hydrogen-bond donors (Lipinski definition) is 3. The number of anilines is 2. The fourth-order valence-electron chi connectivity index (χ4n) is 3.92. The molecule has 0 heterocycles. The highest BCUT2D eigenvalue weighted by molar-refractivity contribution is 7.86. The van der Waals surface area contributed by atoms with Crippen molar-refractivity contribution in [3.63, 3.8) is 0 Å². The van der Waals surface area contributed by atoms with Crippen molar-refractivity contribution in [1.82, 2.24) is 5.06 Å². The molecule has 10 nitrogen and oxygen atoms in total. The lowest BCUT2D eigenvalue weighted by Gasteiger charge is -2.22. The highest BCUT2D eigenvalue weighted by atomic mass is 32.2. The highest BCUT2D eigenvalue weighted by Crippen LogP contribution is 2.28. The standard InChI is InChI=1S/C30H28FN3O7S/c1-40-28-20-25(33-30(37)32-24-8-3-2-4-9-24)15-16-27(28)29(36)34(17-6-18-35)41-42(38,39)26-10-5-7-22(19-26)21-11-13-23(31)14-12-21/h2-5,7-16,19-20,35H,6,17-18H2,1H3,(H2,32,33,37). The number of carbonyl (C=O) groups excluding carboxylic acids is 2. The van der Waals surface area contributed by atoms with Gasteiger partial charge in [-0.2, -0.15) is 13.5 Å². The summed E-state index contributed by atoms with van der Waals surface area (Å²) in [4.78, 5) is 25.6. The number of ether oxygens (including phenoxy) is 1. The van der Waals surface area contributed by atoms with Gasteiger partial charge >= 0.3 is 16.1 Å². The summed E-state index contributed by atoms with van der Waals surface area (Å²) in [5.74, 6) is -1.23. The third-order valence-corrected chi connectivity index (χ3v) is 7.16. The largest absolute Gasteiger partial charge is 0.496 e. The van der Waals surface area contributed by atoms with E-state index in [9.17, 15) is 27.5 Å². The van der Waals surface area contributed by atoms with E-state index in [2.05, 4.69) is 10.6 Å². The fourth-order valence-corrected chi connectivity index (χ4v) is 4.90. The number of amides is 3. The van der Waals surface area contributed by atoms with Crippen molar-refractivity contribution in [2.75, 3.05) is 30.9 Å². The maximum absolute atomic E-state index is 13.5. The van der Waals surface area contributed by atoms with E-state index in [1.165, 1.54) is 67.8 Å². The van der Waals surface area contributed by atoms with Crippen LogP contribution in [0.2, 0.25) is 0 Å². The number of rotatable bonds is 11. The molecular weight excluding hydrogens is 565 g/mol. The molecule has 218 valence electrons. The Morgan fingerprint density at radius 2 is 1.57 bits per heavy atom. The zero-order valence-electron chi connectivity index (χ0n) is 22.5. The zero-order chi connectivity index (χ0) is 30.1. The molecule has 0 saturated heterocycles.